The largest absolute Gasteiger partial charge is 0.493 e. The van der Waals surface area contributed by atoms with E-state index in [4.69, 9.17) is 17.0 Å². The molecular formula is C24H32N4O4S2. The normalized spacial score (nSPS) is 15.0. The molecule has 0 radical (unpaired) electrons. The molecule has 2 N–H and O–H groups in total. The van der Waals surface area contributed by atoms with Gasteiger partial charge in [0.1, 0.15) is 5.75 Å². The number of nitrogens with zero attached hydrogens (tertiary/aromatic N) is 2. The highest BCUT2D eigenvalue weighted by atomic mass is 32.2. The number of likely N-dealkylation sites (N-methyl/N-ethyl adjacent to an activating group) is 1. The van der Waals surface area contributed by atoms with Crippen molar-refractivity contribution in [2.75, 3.05) is 45.2 Å². The molecule has 10 heteroatoms. The Morgan fingerprint density at radius 1 is 1.03 bits per heavy atom. The first-order valence-electron chi connectivity index (χ1n) is 11.4. The summed E-state index contributed by atoms with van der Waals surface area (Å²) >= 11 is 5.28. The van der Waals surface area contributed by atoms with Crippen LogP contribution in [0.3, 0.4) is 0 Å². The van der Waals surface area contributed by atoms with Crippen molar-refractivity contribution in [2.24, 2.45) is 0 Å². The fourth-order valence-electron chi connectivity index (χ4n) is 3.53. The molecule has 2 aromatic carbocycles. The van der Waals surface area contributed by atoms with Gasteiger partial charge in [-0.25, -0.2) is 8.42 Å². The number of carbonyl (C=O) groups is 1. The minimum Gasteiger partial charge on any atom is -0.493 e. The minimum absolute atomic E-state index is 0.112. The Morgan fingerprint density at radius 2 is 1.71 bits per heavy atom. The molecule has 0 aromatic heterocycles. The van der Waals surface area contributed by atoms with Gasteiger partial charge in [-0.05, 0) is 62.1 Å². The third kappa shape index (κ3) is 6.99. The van der Waals surface area contributed by atoms with Gasteiger partial charge in [-0.2, -0.15) is 4.31 Å². The first kappa shape index (κ1) is 26.1. The van der Waals surface area contributed by atoms with Gasteiger partial charge >= 0.3 is 0 Å². The summed E-state index contributed by atoms with van der Waals surface area (Å²) in [6.45, 7) is 5.02. The molecule has 1 aliphatic heterocycles. The van der Waals surface area contributed by atoms with E-state index >= 15 is 0 Å². The van der Waals surface area contributed by atoms with Crippen LogP contribution in [-0.2, 0) is 10.0 Å². The van der Waals surface area contributed by atoms with E-state index in [1.54, 1.807) is 42.5 Å². The third-order valence-corrected chi connectivity index (χ3v) is 7.69. The van der Waals surface area contributed by atoms with Crippen molar-refractivity contribution in [3.63, 3.8) is 0 Å². The van der Waals surface area contributed by atoms with Crippen molar-refractivity contribution in [1.29, 1.82) is 0 Å². The van der Waals surface area contributed by atoms with E-state index in [2.05, 4.69) is 22.5 Å². The van der Waals surface area contributed by atoms with E-state index in [0.717, 1.165) is 19.3 Å². The van der Waals surface area contributed by atoms with Crippen LogP contribution in [0.2, 0.25) is 0 Å². The Labute approximate surface area is 207 Å². The Hall–Kier alpha value is -2.53. The maximum atomic E-state index is 12.9. The lowest BCUT2D eigenvalue weighted by molar-refractivity contribution is 0.0973. The van der Waals surface area contributed by atoms with E-state index in [-0.39, 0.29) is 15.9 Å². The van der Waals surface area contributed by atoms with E-state index in [1.807, 2.05) is 13.1 Å². The predicted molar refractivity (Wildman–Crippen MR) is 138 cm³/mol. The summed E-state index contributed by atoms with van der Waals surface area (Å²) in [5.74, 6) is 0.134. The lowest BCUT2D eigenvalue weighted by atomic mass is 10.2. The number of benzene rings is 2. The zero-order valence-corrected chi connectivity index (χ0v) is 21.3. The smallest absolute Gasteiger partial charge is 0.261 e. The fourth-order valence-corrected chi connectivity index (χ4v) is 5.17. The average molecular weight is 505 g/mol. The van der Waals surface area contributed by atoms with Gasteiger partial charge in [0, 0.05) is 31.9 Å². The summed E-state index contributed by atoms with van der Waals surface area (Å²) in [6.07, 6.45) is 3.08. The number of thiocarbonyl (C=S) groups is 1. The second-order valence-electron chi connectivity index (χ2n) is 8.19. The Balaban J connectivity index is 1.58. The number of nitrogens with one attached hydrogen (secondary N) is 2. The Morgan fingerprint density at radius 3 is 2.38 bits per heavy atom. The molecule has 8 nitrogen and oxygen atoms in total. The molecule has 1 amide bonds. The van der Waals surface area contributed by atoms with E-state index < -0.39 is 10.0 Å². The average Bonchev–Trinajstić information content (AvgIpc) is 2.82. The monoisotopic (exact) mass is 504 g/mol. The van der Waals surface area contributed by atoms with E-state index in [1.165, 1.54) is 4.31 Å². The molecule has 184 valence electrons. The second-order valence-corrected chi connectivity index (χ2v) is 10.5. The lowest BCUT2D eigenvalue weighted by Gasteiger charge is -2.31. The number of para-hydroxylation sites is 1. The summed E-state index contributed by atoms with van der Waals surface area (Å²) in [5.41, 5.74) is 0.975. The van der Waals surface area contributed by atoms with Crippen LogP contribution in [0.4, 0.5) is 5.69 Å². The molecule has 1 saturated heterocycles. The molecule has 2 aromatic rings. The maximum Gasteiger partial charge on any atom is 0.261 e. The van der Waals surface area contributed by atoms with Crippen LogP contribution in [0, 0.1) is 0 Å². The van der Waals surface area contributed by atoms with Gasteiger partial charge in [-0.15, -0.1) is 0 Å². The van der Waals surface area contributed by atoms with E-state index in [9.17, 15) is 13.2 Å². The minimum atomic E-state index is -3.54. The number of carbonyl (C=O) groups excluding carboxylic acids is 1. The standard InChI is InChI=1S/C24H32N4O4S2/c1-3-4-7-18-32-22-9-6-5-8-21(22)23(29)26-24(33)25-19-10-12-20(13-11-19)34(30,31)28-16-14-27(2)15-17-28/h5-6,8-13H,3-4,7,14-18H2,1-2H3,(H2,25,26,29,33). The van der Waals surface area contributed by atoms with Gasteiger partial charge < -0.3 is 15.0 Å². The first-order chi connectivity index (χ1) is 16.3. The summed E-state index contributed by atoms with van der Waals surface area (Å²) in [7, 11) is -1.56. The zero-order valence-electron chi connectivity index (χ0n) is 19.6. The summed E-state index contributed by atoms with van der Waals surface area (Å²) < 4.78 is 33.0. The van der Waals surface area contributed by atoms with Crippen LogP contribution >= 0.6 is 12.2 Å². The van der Waals surface area contributed by atoms with Crippen LogP contribution in [0.25, 0.3) is 0 Å². The number of piperazine rings is 1. The molecular weight excluding hydrogens is 472 g/mol. The molecule has 34 heavy (non-hydrogen) atoms. The van der Waals surface area contributed by atoms with Crippen LogP contribution in [0.15, 0.2) is 53.4 Å². The van der Waals surface area contributed by atoms with Crippen molar-refractivity contribution in [2.45, 2.75) is 31.1 Å². The van der Waals surface area contributed by atoms with Crippen molar-refractivity contribution in [1.82, 2.24) is 14.5 Å². The molecule has 1 heterocycles. The molecule has 0 unspecified atom stereocenters. The SMILES string of the molecule is CCCCCOc1ccccc1C(=O)NC(=S)Nc1ccc(S(=O)(=O)N2CCN(C)CC2)cc1. The molecule has 0 bridgehead atoms. The van der Waals surface area contributed by atoms with Gasteiger partial charge in [0.2, 0.25) is 10.0 Å². The number of ether oxygens (including phenoxy) is 1. The third-order valence-electron chi connectivity index (χ3n) is 5.58. The van der Waals surface area contributed by atoms with Gasteiger partial charge in [0.15, 0.2) is 5.11 Å². The number of hydrogen-bond donors (Lipinski definition) is 2. The van der Waals surface area contributed by atoms with Gasteiger partial charge in [0.25, 0.3) is 5.91 Å². The summed E-state index contributed by atoms with van der Waals surface area (Å²) in [4.78, 5) is 15.1. The number of rotatable bonds is 9. The number of unbranched alkanes of at least 4 members (excludes halogenated alkanes) is 2. The molecule has 0 spiro atoms. The number of anilines is 1. The van der Waals surface area contributed by atoms with Crippen LogP contribution in [0.5, 0.6) is 5.75 Å². The summed E-state index contributed by atoms with van der Waals surface area (Å²) in [5, 5.41) is 5.70. The maximum absolute atomic E-state index is 12.9. The number of hydrogen-bond acceptors (Lipinski definition) is 6. The quantitative estimate of drug-likeness (QED) is 0.400. The Bertz CT molecular complexity index is 1080. The number of sulfonamides is 1. The highest BCUT2D eigenvalue weighted by molar-refractivity contribution is 7.89. The fraction of sp³-hybridized carbons (Fsp3) is 0.417. The predicted octanol–water partition coefficient (Wildman–Crippen LogP) is 3.32. The van der Waals surface area contributed by atoms with Crippen molar-refractivity contribution < 1.29 is 17.9 Å². The highest BCUT2D eigenvalue weighted by Crippen LogP contribution is 2.21. The summed E-state index contributed by atoms with van der Waals surface area (Å²) in [6, 6.07) is 13.4. The van der Waals surface area contributed by atoms with Crippen molar-refractivity contribution in [3.05, 3.63) is 54.1 Å². The molecule has 3 rings (SSSR count). The Kier molecular flexibility index (Phi) is 9.40. The zero-order chi connectivity index (χ0) is 24.6. The lowest BCUT2D eigenvalue weighted by Crippen LogP contribution is -2.46. The molecule has 0 saturated carbocycles. The second kappa shape index (κ2) is 12.3. The number of amides is 1. The molecule has 0 atom stereocenters. The topological polar surface area (TPSA) is 91.0 Å². The van der Waals surface area contributed by atoms with Crippen LogP contribution in [-0.4, -0.2) is 68.5 Å². The van der Waals surface area contributed by atoms with Crippen molar-refractivity contribution >= 4 is 38.9 Å². The van der Waals surface area contributed by atoms with Crippen LogP contribution < -0.4 is 15.4 Å². The highest BCUT2D eigenvalue weighted by Gasteiger charge is 2.27. The molecule has 0 aliphatic carbocycles. The van der Waals surface area contributed by atoms with Crippen molar-refractivity contribution in [3.8, 4) is 5.75 Å². The first-order valence-corrected chi connectivity index (χ1v) is 13.3. The van der Waals surface area contributed by atoms with Gasteiger partial charge in [-0.1, -0.05) is 31.9 Å². The van der Waals surface area contributed by atoms with Gasteiger partial charge in [0.05, 0.1) is 17.1 Å². The van der Waals surface area contributed by atoms with Gasteiger partial charge in [-0.3, -0.25) is 10.1 Å². The van der Waals surface area contributed by atoms with E-state index in [0.29, 0.717) is 49.8 Å². The molecule has 1 aliphatic rings. The molecule has 1 fully saturated rings. The van der Waals surface area contributed by atoms with Crippen LogP contribution in [0.1, 0.15) is 36.5 Å².